The smallest absolute Gasteiger partial charge is 0.309 e. The Morgan fingerprint density at radius 3 is 2.30 bits per heavy atom. The molecular weight excluding hydrogens is 461 g/mol. The standard InChI is InChI=1S/C21H22Cl3N3O2Si/c1-30(2)10-9-26-21(29)19(25)16(12-28)20(13-3-5-14(22)6-4-13)27-18-8-7-15(23)11-17(18)24/h3-8,11,28H,9-10,12H2,1-2H3,(H2-,25,26,27,29)/p+2. The van der Waals surface area contributed by atoms with E-state index in [4.69, 9.17) is 40.2 Å². The summed E-state index contributed by atoms with van der Waals surface area (Å²) in [6, 6.07) is 12.9. The topological polar surface area (TPSA) is 89.8 Å². The van der Waals surface area contributed by atoms with Gasteiger partial charge in [-0.1, -0.05) is 34.8 Å². The Kier molecular flexibility index (Phi) is 9.55. The first-order valence-corrected chi connectivity index (χ1v) is 13.1. The fourth-order valence-electron chi connectivity index (χ4n) is 2.70. The van der Waals surface area contributed by atoms with Crippen LogP contribution >= 0.6 is 34.8 Å². The second kappa shape index (κ2) is 11.6. The second-order valence-electron chi connectivity index (χ2n) is 6.96. The summed E-state index contributed by atoms with van der Waals surface area (Å²) in [6.45, 7) is 4.34. The van der Waals surface area contributed by atoms with E-state index < -0.39 is 21.3 Å². The molecule has 0 unspecified atom stereocenters. The van der Waals surface area contributed by atoms with E-state index in [1.165, 1.54) is 0 Å². The molecule has 0 aliphatic rings. The molecule has 1 amide bonds. The minimum atomic E-state index is -0.524. The molecule has 5 nitrogen and oxygen atoms in total. The molecule has 0 aliphatic heterocycles. The highest BCUT2D eigenvalue weighted by atomic mass is 35.5. The Morgan fingerprint density at radius 2 is 1.73 bits per heavy atom. The lowest BCUT2D eigenvalue weighted by atomic mass is 10.0. The quantitative estimate of drug-likeness (QED) is 0.245. The number of nitrogens with two attached hydrogens (primary N) is 1. The van der Waals surface area contributed by atoms with Crippen molar-refractivity contribution in [3.63, 3.8) is 0 Å². The van der Waals surface area contributed by atoms with Gasteiger partial charge in [0.25, 0.3) is 5.91 Å². The highest BCUT2D eigenvalue weighted by Gasteiger charge is 2.24. The van der Waals surface area contributed by atoms with Gasteiger partial charge in [0.2, 0.25) is 0 Å². The number of hydrogen-bond acceptors (Lipinski definition) is 3. The Labute approximate surface area is 193 Å². The van der Waals surface area contributed by atoms with Gasteiger partial charge in [-0.3, -0.25) is 15.5 Å². The summed E-state index contributed by atoms with van der Waals surface area (Å²) < 4.78 is 0. The van der Waals surface area contributed by atoms with Crippen molar-refractivity contribution in [3.8, 4) is 0 Å². The highest BCUT2D eigenvalue weighted by molar-refractivity contribution is 6.55. The van der Waals surface area contributed by atoms with E-state index in [1.807, 2.05) is 0 Å². The normalized spacial score (nSPS) is 11.7. The lowest BCUT2D eigenvalue weighted by Crippen LogP contribution is -2.75. The van der Waals surface area contributed by atoms with E-state index in [2.05, 4.69) is 18.4 Å². The van der Waals surface area contributed by atoms with E-state index >= 15 is 0 Å². The first-order chi connectivity index (χ1) is 14.2. The molecule has 0 fully saturated rings. The third-order valence-electron chi connectivity index (χ3n) is 4.34. The molecule has 9 heteroatoms. The molecule has 5 N–H and O–H groups in total. The number of carbonyl (C=O) groups excluding carboxylic acids is 1. The summed E-state index contributed by atoms with van der Waals surface area (Å²) in [4.78, 5) is 12.5. The van der Waals surface area contributed by atoms with Crippen molar-refractivity contribution in [2.45, 2.75) is 19.1 Å². The zero-order valence-corrected chi connectivity index (χ0v) is 20.0. The lowest BCUT2D eigenvalue weighted by molar-refractivity contribution is -0.469. The van der Waals surface area contributed by atoms with Crippen LogP contribution < -0.4 is 10.6 Å². The first-order valence-electron chi connectivity index (χ1n) is 9.28. The second-order valence-corrected chi connectivity index (χ2v) is 11.1. The number of carbonyl (C=O) groups is 1. The van der Waals surface area contributed by atoms with Crippen molar-refractivity contribution in [3.05, 3.63) is 68.7 Å². The Morgan fingerprint density at radius 1 is 1.10 bits per heavy atom. The van der Waals surface area contributed by atoms with Crippen LogP contribution in [0.25, 0.3) is 5.70 Å². The monoisotopic (exact) mass is 483 g/mol. The minimum Gasteiger partial charge on any atom is -0.391 e. The van der Waals surface area contributed by atoms with Gasteiger partial charge in [-0.15, -0.1) is 0 Å². The molecule has 0 saturated heterocycles. The van der Waals surface area contributed by atoms with Crippen molar-refractivity contribution < 1.29 is 15.2 Å². The largest absolute Gasteiger partial charge is 0.391 e. The predicted octanol–water partition coefficient (Wildman–Crippen LogP) is 4.14. The fourth-order valence-corrected chi connectivity index (χ4v) is 3.91. The number of amides is 1. The molecule has 0 heterocycles. The first kappa shape index (κ1) is 24.6. The Balaban J connectivity index is 2.45. The number of aliphatic hydroxyl groups is 1. The van der Waals surface area contributed by atoms with Crippen LogP contribution in [0.3, 0.4) is 0 Å². The summed E-state index contributed by atoms with van der Waals surface area (Å²) >= 11 is 18.3. The van der Waals surface area contributed by atoms with Gasteiger partial charge in [-0.25, -0.2) is 0 Å². The molecule has 0 bridgehead atoms. The fraction of sp³-hybridized carbons (Fsp3) is 0.238. The van der Waals surface area contributed by atoms with E-state index in [1.54, 1.807) is 47.8 Å². The van der Waals surface area contributed by atoms with E-state index in [0.717, 1.165) is 6.04 Å². The number of aliphatic hydroxyl groups excluding tert-OH is 1. The maximum Gasteiger partial charge on any atom is 0.309 e. The summed E-state index contributed by atoms with van der Waals surface area (Å²) in [5.74, 6) is -0.524. The van der Waals surface area contributed by atoms with Crippen LogP contribution in [-0.2, 0) is 4.79 Å². The van der Waals surface area contributed by atoms with Crippen LogP contribution in [0.2, 0.25) is 34.2 Å². The minimum absolute atomic E-state index is 0.194. The Hall–Kier alpha value is -1.67. The molecule has 0 aliphatic carbocycles. The zero-order chi connectivity index (χ0) is 22.3. The van der Waals surface area contributed by atoms with Gasteiger partial charge in [-0.2, -0.15) is 0 Å². The molecule has 0 saturated carbocycles. The molecule has 0 atom stereocenters. The number of nitrogens with one attached hydrogen (secondary N) is 2. The third kappa shape index (κ3) is 6.94. The average molecular weight is 485 g/mol. The van der Waals surface area contributed by atoms with Crippen molar-refractivity contribution in [1.82, 2.24) is 5.32 Å². The van der Waals surface area contributed by atoms with Crippen molar-refractivity contribution in [2.24, 2.45) is 0 Å². The third-order valence-corrected chi connectivity index (χ3v) is 6.40. The van der Waals surface area contributed by atoms with Crippen LogP contribution in [0.4, 0.5) is 5.69 Å². The maximum atomic E-state index is 12.5. The van der Waals surface area contributed by atoms with Gasteiger partial charge in [0.05, 0.1) is 31.3 Å². The number of quaternary nitrogens is 1. The molecule has 2 rings (SSSR count). The van der Waals surface area contributed by atoms with E-state index in [9.17, 15) is 9.90 Å². The maximum absolute atomic E-state index is 12.5. The summed E-state index contributed by atoms with van der Waals surface area (Å²) in [7, 11) is -0.483. The molecule has 0 radical (unpaired) electrons. The average Bonchev–Trinajstić information content (AvgIpc) is 2.69. The zero-order valence-electron chi connectivity index (χ0n) is 16.7. The SMILES string of the molecule is C[Si+](C)CCNC(=O)C(=N)/C(CO)=C(\[NH2+]c1ccc(Cl)cc1Cl)c1ccc(Cl)cc1. The van der Waals surface area contributed by atoms with Gasteiger partial charge in [0.1, 0.15) is 16.4 Å². The molecule has 2 aromatic rings. The molecule has 0 aromatic heterocycles. The molecular formula is C21H24Cl3N3O2Si+2. The highest BCUT2D eigenvalue weighted by Crippen LogP contribution is 2.24. The summed E-state index contributed by atoms with van der Waals surface area (Å²) in [5, 5.41) is 24.4. The number of benzene rings is 2. The lowest BCUT2D eigenvalue weighted by Gasteiger charge is -2.14. The number of rotatable bonds is 9. The number of halogens is 3. The predicted molar refractivity (Wildman–Crippen MR) is 127 cm³/mol. The van der Waals surface area contributed by atoms with Crippen LogP contribution in [0, 0.1) is 5.41 Å². The molecule has 30 heavy (non-hydrogen) atoms. The van der Waals surface area contributed by atoms with Gasteiger partial charge in [-0.05, 0) is 36.4 Å². The Bertz CT molecular complexity index is 947. The van der Waals surface area contributed by atoms with Crippen molar-refractivity contribution >= 4 is 66.6 Å². The van der Waals surface area contributed by atoms with Crippen LogP contribution in [0.15, 0.2) is 48.0 Å². The summed E-state index contributed by atoms with van der Waals surface area (Å²) in [6.07, 6.45) is 0. The van der Waals surface area contributed by atoms with Crippen molar-refractivity contribution in [1.29, 1.82) is 5.41 Å². The van der Waals surface area contributed by atoms with E-state index in [-0.39, 0.29) is 11.3 Å². The van der Waals surface area contributed by atoms with Crippen LogP contribution in [0.5, 0.6) is 0 Å². The number of hydrogen-bond donors (Lipinski definition) is 4. The van der Waals surface area contributed by atoms with E-state index in [0.29, 0.717) is 38.6 Å². The molecule has 0 spiro atoms. The molecule has 2 aromatic carbocycles. The van der Waals surface area contributed by atoms with Crippen LogP contribution in [-0.4, -0.2) is 38.7 Å². The van der Waals surface area contributed by atoms with Crippen molar-refractivity contribution in [2.75, 3.05) is 13.2 Å². The summed E-state index contributed by atoms with van der Waals surface area (Å²) in [5.41, 5.74) is 1.76. The van der Waals surface area contributed by atoms with Gasteiger partial charge >= 0.3 is 8.80 Å². The van der Waals surface area contributed by atoms with Gasteiger partial charge < -0.3 is 10.4 Å². The molecule has 158 valence electrons. The van der Waals surface area contributed by atoms with Gasteiger partial charge in [0.15, 0.2) is 5.69 Å². The van der Waals surface area contributed by atoms with Gasteiger partial charge in [0, 0.05) is 28.2 Å². The van der Waals surface area contributed by atoms with Crippen LogP contribution in [0.1, 0.15) is 5.56 Å².